The first-order chi connectivity index (χ1) is 12.3. The molecule has 0 amide bonds. The van der Waals surface area contributed by atoms with E-state index in [1.807, 2.05) is 12.1 Å². The first-order valence-corrected chi connectivity index (χ1v) is 9.91. The summed E-state index contributed by atoms with van der Waals surface area (Å²) in [6.45, 7) is 4.99. The molecule has 2 heterocycles. The Kier molecular flexibility index (Phi) is 9.10. The van der Waals surface area contributed by atoms with E-state index in [1.165, 1.54) is 36.0 Å². The molecule has 0 saturated carbocycles. The van der Waals surface area contributed by atoms with Crippen LogP contribution in [0.4, 0.5) is 0 Å². The first-order valence-electron chi connectivity index (χ1n) is 9.09. The fourth-order valence-electron chi connectivity index (χ4n) is 3.20. The molecule has 0 radical (unpaired) electrons. The van der Waals surface area contributed by atoms with E-state index in [0.717, 1.165) is 30.3 Å². The van der Waals surface area contributed by atoms with Crippen molar-refractivity contribution in [1.82, 2.24) is 15.5 Å². The maximum Gasteiger partial charge on any atom is 0.191 e. The number of aliphatic imine (C=N–C) groups is 1. The maximum absolute atomic E-state index is 10.4. The second-order valence-electron chi connectivity index (χ2n) is 6.48. The van der Waals surface area contributed by atoms with Crippen molar-refractivity contribution in [1.29, 1.82) is 0 Å². The zero-order chi connectivity index (χ0) is 17.5. The minimum Gasteiger partial charge on any atom is -0.386 e. The van der Waals surface area contributed by atoms with Gasteiger partial charge in [0.2, 0.25) is 0 Å². The lowest BCUT2D eigenvalue weighted by atomic mass is 10.2. The zero-order valence-corrected chi connectivity index (χ0v) is 18.4. The lowest BCUT2D eigenvalue weighted by molar-refractivity contribution is 0.184. The number of hydrogen-bond acceptors (Lipinski definition) is 4. The minimum absolute atomic E-state index is 0. The van der Waals surface area contributed by atoms with Gasteiger partial charge in [-0.1, -0.05) is 18.2 Å². The molecule has 0 spiro atoms. The summed E-state index contributed by atoms with van der Waals surface area (Å²) in [6.07, 6.45) is 3.26. The van der Waals surface area contributed by atoms with Gasteiger partial charge in [0.15, 0.2) is 5.96 Å². The van der Waals surface area contributed by atoms with Crippen molar-refractivity contribution in [3.63, 3.8) is 0 Å². The number of likely N-dealkylation sites (tertiary alicyclic amines) is 1. The lowest BCUT2D eigenvalue weighted by Gasteiger charge is -2.17. The van der Waals surface area contributed by atoms with Crippen LogP contribution < -0.4 is 10.6 Å². The van der Waals surface area contributed by atoms with Crippen LogP contribution in [-0.4, -0.2) is 55.7 Å². The topological polar surface area (TPSA) is 59.9 Å². The number of fused-ring (bicyclic) bond motifs is 1. The van der Waals surface area contributed by atoms with Crippen LogP contribution in [0, 0.1) is 0 Å². The number of hydrogen-bond donors (Lipinski definition) is 3. The molecule has 1 aromatic carbocycles. The van der Waals surface area contributed by atoms with Gasteiger partial charge >= 0.3 is 0 Å². The molecule has 1 aromatic heterocycles. The number of nitrogens with one attached hydrogen (secondary N) is 2. The maximum atomic E-state index is 10.4. The predicted octanol–water partition coefficient (Wildman–Crippen LogP) is 3.20. The highest BCUT2D eigenvalue weighted by Gasteiger charge is 2.13. The molecule has 0 aliphatic carbocycles. The van der Waals surface area contributed by atoms with Gasteiger partial charge < -0.3 is 20.6 Å². The third-order valence-corrected chi connectivity index (χ3v) is 5.82. The molecule has 1 fully saturated rings. The Morgan fingerprint density at radius 3 is 2.77 bits per heavy atom. The number of rotatable bonds is 7. The summed E-state index contributed by atoms with van der Waals surface area (Å²) in [6, 6.07) is 10.3. The Morgan fingerprint density at radius 2 is 2.04 bits per heavy atom. The van der Waals surface area contributed by atoms with Gasteiger partial charge in [-0.25, -0.2) is 0 Å². The van der Waals surface area contributed by atoms with Crippen molar-refractivity contribution in [3.8, 4) is 0 Å². The van der Waals surface area contributed by atoms with Crippen molar-refractivity contribution in [2.24, 2.45) is 4.99 Å². The van der Waals surface area contributed by atoms with Gasteiger partial charge in [0.05, 0.1) is 0 Å². The van der Waals surface area contributed by atoms with Crippen LogP contribution in [0.2, 0.25) is 0 Å². The molecule has 1 atom stereocenters. The average Bonchev–Trinajstić information content (AvgIpc) is 3.30. The van der Waals surface area contributed by atoms with Crippen LogP contribution >= 0.6 is 35.3 Å². The minimum atomic E-state index is -0.527. The Morgan fingerprint density at radius 1 is 1.27 bits per heavy atom. The number of halogens is 1. The molecule has 0 bridgehead atoms. The average molecular weight is 488 g/mol. The van der Waals surface area contributed by atoms with Crippen LogP contribution in [0.25, 0.3) is 10.1 Å². The Labute approximate surface area is 176 Å². The molecule has 1 aliphatic heterocycles. The van der Waals surface area contributed by atoms with Crippen LogP contribution in [0.15, 0.2) is 35.3 Å². The molecule has 3 N–H and O–H groups in total. The fraction of sp³-hybridized carbons (Fsp3) is 0.526. The van der Waals surface area contributed by atoms with E-state index in [0.29, 0.717) is 6.54 Å². The smallest absolute Gasteiger partial charge is 0.191 e. The predicted molar refractivity (Wildman–Crippen MR) is 122 cm³/mol. The monoisotopic (exact) mass is 488 g/mol. The highest BCUT2D eigenvalue weighted by Crippen LogP contribution is 2.29. The van der Waals surface area contributed by atoms with Crippen molar-refractivity contribution in [3.05, 3.63) is 35.2 Å². The van der Waals surface area contributed by atoms with Crippen molar-refractivity contribution < 1.29 is 5.11 Å². The van der Waals surface area contributed by atoms with E-state index in [1.54, 1.807) is 18.4 Å². The molecular weight excluding hydrogens is 459 g/mol. The molecule has 26 heavy (non-hydrogen) atoms. The van der Waals surface area contributed by atoms with Gasteiger partial charge in [-0.2, -0.15) is 0 Å². The third-order valence-electron chi connectivity index (χ3n) is 4.60. The van der Waals surface area contributed by atoms with E-state index in [4.69, 9.17) is 0 Å². The van der Waals surface area contributed by atoms with Crippen molar-refractivity contribution in [2.75, 3.05) is 39.8 Å². The molecule has 5 nitrogen and oxygen atoms in total. The number of nitrogens with zero attached hydrogens (tertiary/aromatic N) is 2. The Hall–Kier alpha value is -0.900. The van der Waals surface area contributed by atoms with Gasteiger partial charge in [-0.05, 0) is 56.4 Å². The quantitative estimate of drug-likeness (QED) is 0.243. The molecule has 1 unspecified atom stereocenters. The van der Waals surface area contributed by atoms with Crippen LogP contribution in [0.1, 0.15) is 30.2 Å². The molecule has 2 aromatic rings. The summed E-state index contributed by atoms with van der Waals surface area (Å²) >= 11 is 1.64. The van der Waals surface area contributed by atoms with Gasteiger partial charge in [0, 0.05) is 29.7 Å². The molecule has 1 saturated heterocycles. The Balaban J connectivity index is 0.00000243. The number of aliphatic hydroxyl groups excluding tert-OH is 1. The molecule has 1 aliphatic rings. The SMILES string of the molecule is CN=C(NCCCN1CCCC1)NCC(O)c1cc2ccccc2s1.I. The number of thiophene rings is 1. The summed E-state index contributed by atoms with van der Waals surface area (Å²) in [5.41, 5.74) is 0. The number of guanidine groups is 1. The van der Waals surface area contributed by atoms with E-state index >= 15 is 0 Å². The fourth-order valence-corrected chi connectivity index (χ4v) is 4.25. The van der Waals surface area contributed by atoms with Crippen LogP contribution in [0.5, 0.6) is 0 Å². The van der Waals surface area contributed by atoms with Gasteiger partial charge in [0.25, 0.3) is 0 Å². The zero-order valence-electron chi connectivity index (χ0n) is 15.3. The highest BCUT2D eigenvalue weighted by atomic mass is 127. The van der Waals surface area contributed by atoms with E-state index in [9.17, 15) is 5.11 Å². The van der Waals surface area contributed by atoms with Crippen molar-refractivity contribution >= 4 is 51.4 Å². The molecule has 144 valence electrons. The number of benzene rings is 1. The van der Waals surface area contributed by atoms with Gasteiger partial charge in [0.1, 0.15) is 6.10 Å². The van der Waals surface area contributed by atoms with Gasteiger partial charge in [-0.15, -0.1) is 35.3 Å². The van der Waals surface area contributed by atoms with E-state index < -0.39 is 6.10 Å². The Bertz CT molecular complexity index is 667. The largest absolute Gasteiger partial charge is 0.386 e. The highest BCUT2D eigenvalue weighted by molar-refractivity contribution is 14.0. The van der Waals surface area contributed by atoms with E-state index in [2.05, 4.69) is 38.7 Å². The summed E-state index contributed by atoms with van der Waals surface area (Å²) in [5, 5.41) is 18.2. The third kappa shape index (κ3) is 6.07. The van der Waals surface area contributed by atoms with Crippen LogP contribution in [0.3, 0.4) is 0 Å². The second-order valence-corrected chi connectivity index (χ2v) is 7.60. The standard InChI is InChI=1S/C19H28N4OS.HI/c1-20-19(21-9-6-12-23-10-4-5-11-23)22-14-16(24)18-13-15-7-2-3-8-17(15)25-18;/h2-3,7-8,13,16,24H,4-6,9-12,14H2,1H3,(H2,20,21,22);1H. The summed E-state index contributed by atoms with van der Waals surface area (Å²) < 4.78 is 1.21. The lowest BCUT2D eigenvalue weighted by Crippen LogP contribution is -2.40. The molecular formula is C19H29IN4OS. The molecule has 3 rings (SSSR count). The molecule has 7 heteroatoms. The van der Waals surface area contributed by atoms with Crippen molar-refractivity contribution in [2.45, 2.75) is 25.4 Å². The number of aliphatic hydroxyl groups is 1. The van der Waals surface area contributed by atoms with E-state index in [-0.39, 0.29) is 24.0 Å². The summed E-state index contributed by atoms with van der Waals surface area (Å²) in [7, 11) is 1.77. The van der Waals surface area contributed by atoms with Crippen LogP contribution in [-0.2, 0) is 0 Å². The van der Waals surface area contributed by atoms with Gasteiger partial charge in [-0.3, -0.25) is 4.99 Å². The summed E-state index contributed by atoms with van der Waals surface area (Å²) in [4.78, 5) is 7.74. The normalized spacial score (nSPS) is 16.5. The summed E-state index contributed by atoms with van der Waals surface area (Å²) in [5.74, 6) is 0.751. The first kappa shape index (κ1) is 21.4. The second kappa shape index (κ2) is 11.1.